The van der Waals surface area contributed by atoms with Gasteiger partial charge in [-0.05, 0) is 12.1 Å². The number of carbonyl (C=O) groups excluding carboxylic acids is 1. The van der Waals surface area contributed by atoms with E-state index in [1.807, 2.05) is 43.4 Å². The zero-order chi connectivity index (χ0) is 18.1. The maximum Gasteiger partial charge on any atom is 0.260 e. The van der Waals surface area contributed by atoms with Crippen molar-refractivity contribution in [2.24, 2.45) is 7.05 Å². The zero-order valence-corrected chi connectivity index (χ0v) is 14.4. The van der Waals surface area contributed by atoms with Crippen molar-refractivity contribution < 1.29 is 9.53 Å². The molecule has 2 heterocycles. The summed E-state index contributed by atoms with van der Waals surface area (Å²) >= 11 is 0. The standard InChI is InChI=1S/C19H17N5O2/c1-24-18-15(16(23-24)12-8-4-3-5-9-12)17(21-22-18)20-19(25)13-10-6-7-11-14(13)26-2/h3-11H,1-2H3,(H2,20,21,22,25). The quantitative estimate of drug-likeness (QED) is 0.593. The first-order valence-corrected chi connectivity index (χ1v) is 8.10. The molecule has 0 fully saturated rings. The number of hydrogen-bond acceptors (Lipinski definition) is 4. The molecule has 0 atom stereocenters. The minimum absolute atomic E-state index is 0.282. The number of anilines is 1. The van der Waals surface area contributed by atoms with Gasteiger partial charge >= 0.3 is 0 Å². The fraction of sp³-hybridized carbons (Fsp3) is 0.105. The second-order valence-corrected chi connectivity index (χ2v) is 5.79. The van der Waals surface area contributed by atoms with Crippen LogP contribution in [-0.4, -0.2) is 33.0 Å². The minimum Gasteiger partial charge on any atom is -0.496 e. The second-order valence-electron chi connectivity index (χ2n) is 5.79. The van der Waals surface area contributed by atoms with Gasteiger partial charge in [0.15, 0.2) is 5.65 Å². The fourth-order valence-corrected chi connectivity index (χ4v) is 2.94. The van der Waals surface area contributed by atoms with Crippen LogP contribution in [0.4, 0.5) is 5.82 Å². The lowest BCUT2D eigenvalue weighted by Gasteiger charge is -2.08. The van der Waals surface area contributed by atoms with E-state index in [0.717, 1.165) is 16.6 Å². The lowest BCUT2D eigenvalue weighted by molar-refractivity contribution is 0.102. The molecule has 0 aliphatic carbocycles. The van der Waals surface area contributed by atoms with Gasteiger partial charge in [-0.3, -0.25) is 9.89 Å². The fourth-order valence-electron chi connectivity index (χ4n) is 2.94. The number of hydrogen-bond donors (Lipinski definition) is 2. The summed E-state index contributed by atoms with van der Waals surface area (Å²) in [4.78, 5) is 12.7. The van der Waals surface area contributed by atoms with Gasteiger partial charge in [-0.15, -0.1) is 0 Å². The molecule has 0 unspecified atom stereocenters. The van der Waals surface area contributed by atoms with Gasteiger partial charge < -0.3 is 10.1 Å². The highest BCUT2D eigenvalue weighted by atomic mass is 16.5. The monoisotopic (exact) mass is 347 g/mol. The first kappa shape index (κ1) is 15.9. The van der Waals surface area contributed by atoms with Crippen LogP contribution in [0.25, 0.3) is 22.3 Å². The summed E-state index contributed by atoms with van der Waals surface area (Å²) in [6.07, 6.45) is 0. The number of aromatic nitrogens is 4. The molecule has 0 aliphatic rings. The topological polar surface area (TPSA) is 84.8 Å². The van der Waals surface area contributed by atoms with Crippen LogP contribution < -0.4 is 10.1 Å². The number of para-hydroxylation sites is 1. The highest BCUT2D eigenvalue weighted by molar-refractivity contribution is 6.11. The number of ether oxygens (including phenoxy) is 1. The molecule has 0 saturated carbocycles. The Kier molecular flexibility index (Phi) is 3.89. The zero-order valence-electron chi connectivity index (χ0n) is 14.4. The Labute approximate surface area is 149 Å². The van der Waals surface area contributed by atoms with Gasteiger partial charge in [-0.2, -0.15) is 10.2 Å². The van der Waals surface area contributed by atoms with Crippen LogP contribution in [0.15, 0.2) is 54.6 Å². The number of H-pyrrole nitrogens is 1. The molecule has 0 spiro atoms. The van der Waals surface area contributed by atoms with Gasteiger partial charge in [0.05, 0.1) is 18.1 Å². The number of fused-ring (bicyclic) bond motifs is 1. The van der Waals surface area contributed by atoms with Crippen LogP contribution in [0.2, 0.25) is 0 Å². The van der Waals surface area contributed by atoms with Crippen LogP contribution in [0.3, 0.4) is 0 Å². The first-order valence-electron chi connectivity index (χ1n) is 8.10. The van der Waals surface area contributed by atoms with Gasteiger partial charge in [0.2, 0.25) is 0 Å². The first-order chi connectivity index (χ1) is 12.7. The Balaban J connectivity index is 1.77. The molecule has 7 nitrogen and oxygen atoms in total. The average molecular weight is 347 g/mol. The van der Waals surface area contributed by atoms with Crippen molar-refractivity contribution in [2.45, 2.75) is 0 Å². The molecule has 0 bridgehead atoms. The van der Waals surface area contributed by atoms with Gasteiger partial charge in [-0.25, -0.2) is 4.68 Å². The highest BCUT2D eigenvalue weighted by Gasteiger charge is 2.20. The number of benzene rings is 2. The molecule has 26 heavy (non-hydrogen) atoms. The van der Waals surface area contributed by atoms with E-state index >= 15 is 0 Å². The maximum absolute atomic E-state index is 12.7. The van der Waals surface area contributed by atoms with Crippen LogP contribution in [-0.2, 0) is 7.05 Å². The molecule has 4 rings (SSSR count). The van der Waals surface area contributed by atoms with Crippen molar-refractivity contribution in [1.29, 1.82) is 0 Å². The van der Waals surface area contributed by atoms with Crippen molar-refractivity contribution in [3.63, 3.8) is 0 Å². The minimum atomic E-state index is -0.282. The molecule has 4 aromatic rings. The molecular weight excluding hydrogens is 330 g/mol. The Morgan fingerprint density at radius 2 is 1.85 bits per heavy atom. The molecule has 1 amide bonds. The number of carbonyl (C=O) groups is 1. The number of nitrogens with zero attached hydrogens (tertiary/aromatic N) is 3. The van der Waals surface area contributed by atoms with Gasteiger partial charge in [-0.1, -0.05) is 42.5 Å². The number of methoxy groups -OCH3 is 1. The lowest BCUT2D eigenvalue weighted by Crippen LogP contribution is -2.13. The summed E-state index contributed by atoms with van der Waals surface area (Å²) < 4.78 is 6.95. The molecule has 0 saturated heterocycles. The van der Waals surface area contributed by atoms with Crippen molar-refractivity contribution in [1.82, 2.24) is 20.0 Å². The number of aromatic amines is 1. The normalized spacial score (nSPS) is 10.8. The molecule has 130 valence electrons. The molecule has 7 heteroatoms. The molecule has 2 aromatic heterocycles. The lowest BCUT2D eigenvalue weighted by atomic mass is 10.1. The van der Waals surface area contributed by atoms with E-state index in [9.17, 15) is 4.79 Å². The van der Waals surface area contributed by atoms with Crippen molar-refractivity contribution in [3.8, 4) is 17.0 Å². The van der Waals surface area contributed by atoms with E-state index in [1.165, 1.54) is 7.11 Å². The summed E-state index contributed by atoms with van der Waals surface area (Å²) in [5.74, 6) is 0.731. The Morgan fingerprint density at radius 1 is 1.12 bits per heavy atom. The number of rotatable bonds is 4. The van der Waals surface area contributed by atoms with E-state index in [2.05, 4.69) is 20.6 Å². The molecule has 2 aromatic carbocycles. The predicted molar refractivity (Wildman–Crippen MR) is 99.2 cm³/mol. The largest absolute Gasteiger partial charge is 0.496 e. The number of amides is 1. The predicted octanol–water partition coefficient (Wildman–Crippen LogP) is 3.22. The van der Waals surface area contributed by atoms with Gasteiger partial charge in [0.1, 0.15) is 17.3 Å². The Bertz CT molecular complexity index is 1080. The summed E-state index contributed by atoms with van der Waals surface area (Å²) in [5.41, 5.74) is 2.82. The highest BCUT2D eigenvalue weighted by Crippen LogP contribution is 2.32. The number of aryl methyl sites for hydroxylation is 1. The molecule has 0 radical (unpaired) electrons. The Hall–Kier alpha value is -3.61. The van der Waals surface area contributed by atoms with Crippen molar-refractivity contribution >= 4 is 22.8 Å². The van der Waals surface area contributed by atoms with E-state index in [1.54, 1.807) is 22.9 Å². The van der Waals surface area contributed by atoms with E-state index in [4.69, 9.17) is 4.74 Å². The maximum atomic E-state index is 12.7. The van der Waals surface area contributed by atoms with Crippen molar-refractivity contribution in [3.05, 3.63) is 60.2 Å². The number of nitrogens with one attached hydrogen (secondary N) is 2. The van der Waals surface area contributed by atoms with E-state index in [-0.39, 0.29) is 5.91 Å². The van der Waals surface area contributed by atoms with Gasteiger partial charge in [0.25, 0.3) is 5.91 Å². The smallest absolute Gasteiger partial charge is 0.260 e. The molecular formula is C19H17N5O2. The third-order valence-corrected chi connectivity index (χ3v) is 4.18. The SMILES string of the molecule is COc1ccccc1C(=O)Nc1[nH]nc2c1c(-c1ccccc1)nn2C. The third kappa shape index (κ3) is 2.59. The van der Waals surface area contributed by atoms with Crippen molar-refractivity contribution in [2.75, 3.05) is 12.4 Å². The van der Waals surface area contributed by atoms with E-state index in [0.29, 0.717) is 22.8 Å². The average Bonchev–Trinajstić information content (AvgIpc) is 3.24. The van der Waals surface area contributed by atoms with Crippen LogP contribution >= 0.6 is 0 Å². The summed E-state index contributed by atoms with van der Waals surface area (Å²) in [6.45, 7) is 0. The van der Waals surface area contributed by atoms with Gasteiger partial charge in [0, 0.05) is 12.6 Å². The second kappa shape index (κ2) is 6.36. The van der Waals surface area contributed by atoms with E-state index < -0.39 is 0 Å². The molecule has 0 aliphatic heterocycles. The summed E-state index contributed by atoms with van der Waals surface area (Å²) in [7, 11) is 3.36. The molecule has 2 N–H and O–H groups in total. The van der Waals surface area contributed by atoms with Crippen LogP contribution in [0.1, 0.15) is 10.4 Å². The summed E-state index contributed by atoms with van der Waals surface area (Å²) in [6, 6.07) is 16.9. The van der Waals surface area contributed by atoms with Crippen LogP contribution in [0.5, 0.6) is 5.75 Å². The third-order valence-electron chi connectivity index (χ3n) is 4.18. The Morgan fingerprint density at radius 3 is 2.62 bits per heavy atom. The van der Waals surface area contributed by atoms with Crippen LogP contribution in [0, 0.1) is 0 Å². The summed E-state index contributed by atoms with van der Waals surface area (Å²) in [5, 5.41) is 15.4.